The number of benzene rings is 2. The molecule has 0 atom stereocenters. The number of sulfonamides is 1. The van der Waals surface area contributed by atoms with Gasteiger partial charge in [0.15, 0.2) is 5.82 Å². The van der Waals surface area contributed by atoms with Crippen molar-refractivity contribution < 1.29 is 13.2 Å². The molecule has 0 aliphatic carbocycles. The van der Waals surface area contributed by atoms with E-state index in [0.29, 0.717) is 22.5 Å². The zero-order valence-electron chi connectivity index (χ0n) is 14.0. The van der Waals surface area contributed by atoms with E-state index in [1.165, 1.54) is 31.0 Å². The quantitative estimate of drug-likeness (QED) is 0.453. The van der Waals surface area contributed by atoms with Crippen LogP contribution in [0.25, 0.3) is 11.4 Å². The Hall–Kier alpha value is -2.36. The molecule has 9 heteroatoms. The molecule has 0 aliphatic heterocycles. The van der Waals surface area contributed by atoms with Crippen molar-refractivity contribution >= 4 is 21.8 Å². The Bertz CT molecular complexity index is 942. The Morgan fingerprint density at radius 2 is 1.85 bits per heavy atom. The first kappa shape index (κ1) is 18.4. The maximum Gasteiger partial charge on any atom is 0.240 e. The Labute approximate surface area is 156 Å². The smallest absolute Gasteiger partial charge is 0.240 e. The lowest BCUT2D eigenvalue weighted by atomic mass is 10.2. The van der Waals surface area contributed by atoms with Crippen LogP contribution in [-0.4, -0.2) is 43.0 Å². The lowest BCUT2D eigenvalue weighted by molar-refractivity contribution is 0.414. The van der Waals surface area contributed by atoms with E-state index in [4.69, 9.17) is 4.74 Å². The summed E-state index contributed by atoms with van der Waals surface area (Å²) in [5, 5.41) is 7.60. The van der Waals surface area contributed by atoms with Gasteiger partial charge in [0.2, 0.25) is 15.2 Å². The summed E-state index contributed by atoms with van der Waals surface area (Å²) in [6, 6.07) is 15.9. The minimum Gasteiger partial charge on any atom is -0.497 e. The Balaban J connectivity index is 1.51. The third kappa shape index (κ3) is 4.63. The van der Waals surface area contributed by atoms with Gasteiger partial charge in [0.1, 0.15) is 5.75 Å². The fourth-order valence-corrected chi connectivity index (χ4v) is 4.01. The number of rotatable bonds is 8. The van der Waals surface area contributed by atoms with Crippen LogP contribution in [0.15, 0.2) is 64.6 Å². The van der Waals surface area contributed by atoms with Crippen molar-refractivity contribution in [2.75, 3.05) is 19.4 Å². The van der Waals surface area contributed by atoms with E-state index in [1.807, 2.05) is 30.3 Å². The van der Waals surface area contributed by atoms with E-state index in [-0.39, 0.29) is 11.4 Å². The van der Waals surface area contributed by atoms with Crippen LogP contribution in [0.2, 0.25) is 0 Å². The zero-order valence-corrected chi connectivity index (χ0v) is 15.7. The van der Waals surface area contributed by atoms with Gasteiger partial charge >= 0.3 is 0 Å². The second kappa shape index (κ2) is 8.35. The highest BCUT2D eigenvalue weighted by Gasteiger charge is 2.13. The van der Waals surface area contributed by atoms with Gasteiger partial charge in [-0.15, -0.1) is 5.10 Å². The molecule has 0 unspecified atom stereocenters. The number of hydrogen-bond acceptors (Lipinski definition) is 6. The molecule has 136 valence electrons. The van der Waals surface area contributed by atoms with Crippen molar-refractivity contribution in [1.29, 1.82) is 0 Å². The molecular formula is C17H18N4O3S2. The summed E-state index contributed by atoms with van der Waals surface area (Å²) in [6.07, 6.45) is 0. The summed E-state index contributed by atoms with van der Waals surface area (Å²) in [6.45, 7) is 0.272. The number of nitrogens with zero attached hydrogens (tertiary/aromatic N) is 2. The lowest BCUT2D eigenvalue weighted by Gasteiger charge is -2.06. The summed E-state index contributed by atoms with van der Waals surface area (Å²) in [7, 11) is -2.01. The molecule has 0 saturated carbocycles. The summed E-state index contributed by atoms with van der Waals surface area (Å²) in [4.78, 5) is 4.60. The summed E-state index contributed by atoms with van der Waals surface area (Å²) < 4.78 is 32.1. The zero-order chi connectivity index (χ0) is 18.4. The molecule has 3 aromatic rings. The van der Waals surface area contributed by atoms with Crippen molar-refractivity contribution in [2.45, 2.75) is 10.1 Å². The molecule has 0 bridgehead atoms. The van der Waals surface area contributed by atoms with Gasteiger partial charge in [0.05, 0.1) is 12.0 Å². The van der Waals surface area contributed by atoms with Gasteiger partial charge in [-0.3, -0.25) is 5.10 Å². The van der Waals surface area contributed by atoms with Crippen molar-refractivity contribution in [1.82, 2.24) is 19.9 Å². The van der Waals surface area contributed by atoms with Crippen molar-refractivity contribution in [3.8, 4) is 17.1 Å². The van der Waals surface area contributed by atoms with Crippen molar-refractivity contribution in [2.24, 2.45) is 0 Å². The lowest BCUT2D eigenvalue weighted by Crippen LogP contribution is -2.26. The Kier molecular flexibility index (Phi) is 5.92. The van der Waals surface area contributed by atoms with E-state index < -0.39 is 10.0 Å². The summed E-state index contributed by atoms with van der Waals surface area (Å²) in [5.74, 6) is 1.81. The van der Waals surface area contributed by atoms with Crippen molar-refractivity contribution in [3.63, 3.8) is 0 Å². The molecule has 0 radical (unpaired) electrons. The largest absolute Gasteiger partial charge is 0.497 e. The van der Waals surface area contributed by atoms with Crippen LogP contribution < -0.4 is 9.46 Å². The van der Waals surface area contributed by atoms with Crippen LogP contribution in [-0.2, 0) is 10.0 Å². The van der Waals surface area contributed by atoms with Gasteiger partial charge in [0, 0.05) is 17.9 Å². The maximum absolute atomic E-state index is 12.2. The first-order chi connectivity index (χ1) is 12.6. The number of nitrogens with one attached hydrogen (secondary N) is 2. The van der Waals surface area contributed by atoms with Gasteiger partial charge in [-0.2, -0.15) is 0 Å². The minimum atomic E-state index is -3.54. The third-order valence-corrected chi connectivity index (χ3v) is 5.83. The van der Waals surface area contributed by atoms with E-state index in [2.05, 4.69) is 19.9 Å². The molecule has 7 nitrogen and oxygen atoms in total. The average molecular weight is 390 g/mol. The van der Waals surface area contributed by atoms with Crippen molar-refractivity contribution in [3.05, 3.63) is 54.6 Å². The van der Waals surface area contributed by atoms with E-state index >= 15 is 0 Å². The van der Waals surface area contributed by atoms with E-state index in [1.54, 1.807) is 12.1 Å². The Morgan fingerprint density at radius 3 is 2.54 bits per heavy atom. The van der Waals surface area contributed by atoms with Gasteiger partial charge in [-0.05, 0) is 24.3 Å². The molecule has 1 heterocycles. The van der Waals surface area contributed by atoms with Crippen LogP contribution in [0.3, 0.4) is 0 Å². The molecular weight excluding hydrogens is 372 g/mol. The molecule has 1 aromatic heterocycles. The van der Waals surface area contributed by atoms with Crippen LogP contribution in [0, 0.1) is 0 Å². The number of aromatic nitrogens is 3. The molecule has 26 heavy (non-hydrogen) atoms. The predicted octanol–water partition coefficient (Wildman–Crippen LogP) is 2.55. The topological polar surface area (TPSA) is 97.0 Å². The van der Waals surface area contributed by atoms with Gasteiger partial charge < -0.3 is 4.74 Å². The normalized spacial score (nSPS) is 11.4. The fraction of sp³-hybridized carbons (Fsp3) is 0.176. The SMILES string of the molecule is COc1ccc(S(=O)(=O)NCCSc2n[nH]c(-c3ccccc3)n2)cc1. The third-order valence-electron chi connectivity index (χ3n) is 3.51. The fourth-order valence-electron chi connectivity index (χ4n) is 2.19. The number of thioether (sulfide) groups is 1. The molecule has 0 saturated heterocycles. The molecule has 2 aromatic carbocycles. The number of methoxy groups -OCH3 is 1. The number of aromatic amines is 1. The Morgan fingerprint density at radius 1 is 1.12 bits per heavy atom. The average Bonchev–Trinajstić information content (AvgIpc) is 3.15. The monoisotopic (exact) mass is 390 g/mol. The molecule has 0 amide bonds. The summed E-state index contributed by atoms with van der Waals surface area (Å²) in [5.41, 5.74) is 0.951. The van der Waals surface area contributed by atoms with Gasteiger partial charge in [-0.25, -0.2) is 18.1 Å². The second-order valence-corrected chi connectivity index (χ2v) is 8.08. The predicted molar refractivity (Wildman–Crippen MR) is 101 cm³/mol. The second-order valence-electron chi connectivity index (χ2n) is 5.25. The highest BCUT2D eigenvalue weighted by Crippen LogP contribution is 2.19. The molecule has 0 aliphatic rings. The van der Waals surface area contributed by atoms with Crippen LogP contribution >= 0.6 is 11.8 Å². The van der Waals surface area contributed by atoms with E-state index in [0.717, 1.165) is 5.56 Å². The number of hydrogen-bond donors (Lipinski definition) is 2. The van der Waals surface area contributed by atoms with Crippen LogP contribution in [0.5, 0.6) is 5.75 Å². The molecule has 3 rings (SSSR count). The first-order valence-electron chi connectivity index (χ1n) is 7.83. The first-order valence-corrected chi connectivity index (χ1v) is 10.3. The van der Waals surface area contributed by atoms with Crippen LogP contribution in [0.1, 0.15) is 0 Å². The highest BCUT2D eigenvalue weighted by molar-refractivity contribution is 7.99. The van der Waals surface area contributed by atoms with Gasteiger partial charge in [0.25, 0.3) is 0 Å². The number of ether oxygens (including phenoxy) is 1. The highest BCUT2D eigenvalue weighted by atomic mass is 32.2. The number of H-pyrrole nitrogens is 1. The maximum atomic E-state index is 12.2. The van der Waals surface area contributed by atoms with Crippen LogP contribution in [0.4, 0.5) is 0 Å². The summed E-state index contributed by atoms with van der Waals surface area (Å²) >= 11 is 1.38. The molecule has 2 N–H and O–H groups in total. The van der Waals surface area contributed by atoms with Gasteiger partial charge in [-0.1, -0.05) is 42.1 Å². The van der Waals surface area contributed by atoms with E-state index in [9.17, 15) is 8.42 Å². The molecule has 0 fully saturated rings. The molecule has 0 spiro atoms. The minimum absolute atomic E-state index is 0.201. The standard InChI is InChI=1S/C17H18N4O3S2/c1-24-14-7-9-15(10-8-14)26(22,23)18-11-12-25-17-19-16(20-21-17)13-5-3-2-4-6-13/h2-10,18H,11-12H2,1H3,(H,19,20,21).